The minimum Gasteiger partial charge on any atom is -0.504 e. The number of nitriles is 1. The highest BCUT2D eigenvalue weighted by Gasteiger charge is 2.20. The summed E-state index contributed by atoms with van der Waals surface area (Å²) < 4.78 is 5.02. The molecule has 0 saturated carbocycles. The Hall–Kier alpha value is -2.26. The van der Waals surface area contributed by atoms with E-state index >= 15 is 0 Å². The van der Waals surface area contributed by atoms with Gasteiger partial charge in [-0.25, -0.2) is 0 Å². The number of ether oxygens (including phenoxy) is 1. The van der Waals surface area contributed by atoms with E-state index in [0.717, 1.165) is 0 Å². The second kappa shape index (κ2) is 7.36. The third kappa shape index (κ3) is 3.87. The molecule has 1 aromatic carbocycles. The van der Waals surface area contributed by atoms with Crippen LogP contribution in [0.25, 0.3) is 0 Å². The van der Waals surface area contributed by atoms with Crippen LogP contribution in [0.2, 0.25) is 0 Å². The minimum atomic E-state index is -0.900. The lowest BCUT2D eigenvalue weighted by atomic mass is 10.1. The molecule has 20 heavy (non-hydrogen) atoms. The molecule has 0 saturated heterocycles. The number of phenolic OH excluding ortho intramolecular Hbond substituents is 1. The lowest BCUT2D eigenvalue weighted by Crippen LogP contribution is -2.30. The molecule has 0 aliphatic rings. The van der Waals surface area contributed by atoms with Crippen molar-refractivity contribution in [3.8, 4) is 17.6 Å². The number of phenols is 1. The summed E-state index contributed by atoms with van der Waals surface area (Å²) in [5.41, 5.74) is 0.661. The summed E-state index contributed by atoms with van der Waals surface area (Å²) in [5, 5.41) is 27.6. The van der Waals surface area contributed by atoms with Crippen LogP contribution in [0.5, 0.6) is 11.5 Å². The van der Waals surface area contributed by atoms with Gasteiger partial charge in [-0.2, -0.15) is 5.26 Å². The number of hydrogen-bond acceptors (Lipinski definition) is 5. The summed E-state index contributed by atoms with van der Waals surface area (Å²) in [4.78, 5) is 12.4. The van der Waals surface area contributed by atoms with Crippen molar-refractivity contribution in [3.05, 3.63) is 23.8 Å². The van der Waals surface area contributed by atoms with Crippen molar-refractivity contribution in [2.24, 2.45) is 0 Å². The van der Waals surface area contributed by atoms with Gasteiger partial charge in [0.25, 0.3) is 0 Å². The second-order valence-corrected chi connectivity index (χ2v) is 4.24. The second-order valence-electron chi connectivity index (χ2n) is 4.24. The van der Waals surface area contributed by atoms with E-state index in [1.54, 1.807) is 17.0 Å². The van der Waals surface area contributed by atoms with Gasteiger partial charge in [-0.05, 0) is 24.2 Å². The summed E-state index contributed by atoms with van der Waals surface area (Å²) in [5.74, 6) is -0.609. The Morgan fingerprint density at radius 3 is 2.75 bits per heavy atom. The van der Waals surface area contributed by atoms with E-state index in [1.807, 2.05) is 6.92 Å². The van der Waals surface area contributed by atoms with Gasteiger partial charge in [0.1, 0.15) is 6.04 Å². The van der Waals surface area contributed by atoms with Crippen molar-refractivity contribution < 1.29 is 19.7 Å². The maximum Gasteiger partial charge on any atom is 0.304 e. The smallest absolute Gasteiger partial charge is 0.304 e. The van der Waals surface area contributed by atoms with Gasteiger partial charge < -0.3 is 14.9 Å². The van der Waals surface area contributed by atoms with Gasteiger partial charge in [0.15, 0.2) is 11.5 Å². The molecule has 1 rings (SSSR count). The van der Waals surface area contributed by atoms with Crippen molar-refractivity contribution in [1.29, 1.82) is 5.26 Å². The van der Waals surface area contributed by atoms with Crippen molar-refractivity contribution in [2.75, 3.05) is 20.2 Å². The number of rotatable bonds is 7. The molecule has 2 N–H and O–H groups in total. The fourth-order valence-electron chi connectivity index (χ4n) is 1.94. The number of aromatic hydroxyl groups is 1. The lowest BCUT2D eigenvalue weighted by Gasteiger charge is -2.25. The first kappa shape index (κ1) is 15.8. The van der Waals surface area contributed by atoms with Gasteiger partial charge in [0.05, 0.1) is 19.6 Å². The molecule has 0 bridgehead atoms. The highest BCUT2D eigenvalue weighted by molar-refractivity contribution is 5.66. The van der Waals surface area contributed by atoms with Gasteiger partial charge in [0.2, 0.25) is 0 Å². The SMILES string of the molecule is CCN(CCC(=O)O)C(C#N)c1ccc(O)c(OC)c1. The van der Waals surface area contributed by atoms with E-state index in [-0.39, 0.29) is 24.5 Å². The topological polar surface area (TPSA) is 93.8 Å². The van der Waals surface area contributed by atoms with Crippen molar-refractivity contribution in [2.45, 2.75) is 19.4 Å². The molecule has 1 aromatic rings. The Labute approximate surface area is 117 Å². The maximum atomic E-state index is 10.6. The van der Waals surface area contributed by atoms with Gasteiger partial charge in [-0.3, -0.25) is 9.69 Å². The first-order valence-electron chi connectivity index (χ1n) is 6.25. The van der Waals surface area contributed by atoms with Crippen molar-refractivity contribution in [3.63, 3.8) is 0 Å². The average molecular weight is 278 g/mol. The summed E-state index contributed by atoms with van der Waals surface area (Å²) >= 11 is 0. The van der Waals surface area contributed by atoms with Crippen molar-refractivity contribution in [1.82, 2.24) is 4.90 Å². The fourth-order valence-corrected chi connectivity index (χ4v) is 1.94. The van der Waals surface area contributed by atoms with Crippen LogP contribution in [0.1, 0.15) is 24.9 Å². The predicted octanol–water partition coefficient (Wildman–Crippen LogP) is 1.76. The Morgan fingerprint density at radius 2 is 2.25 bits per heavy atom. The van der Waals surface area contributed by atoms with Crippen LogP contribution in [0.3, 0.4) is 0 Å². The molecule has 0 aromatic heterocycles. The molecule has 0 radical (unpaired) electrons. The molecule has 6 heteroatoms. The fraction of sp³-hybridized carbons (Fsp3) is 0.429. The number of nitrogens with zero attached hydrogens (tertiary/aromatic N) is 2. The number of carbonyl (C=O) groups is 1. The third-order valence-corrected chi connectivity index (χ3v) is 3.03. The van der Waals surface area contributed by atoms with Crippen LogP contribution < -0.4 is 4.74 Å². The highest BCUT2D eigenvalue weighted by Crippen LogP contribution is 2.30. The molecule has 1 unspecified atom stereocenters. The number of aliphatic carboxylic acids is 1. The third-order valence-electron chi connectivity index (χ3n) is 3.03. The van der Waals surface area contributed by atoms with Gasteiger partial charge in [0, 0.05) is 6.54 Å². The summed E-state index contributed by atoms with van der Waals surface area (Å²) in [7, 11) is 1.43. The monoisotopic (exact) mass is 278 g/mol. The number of methoxy groups -OCH3 is 1. The molecule has 0 amide bonds. The summed E-state index contributed by atoms with van der Waals surface area (Å²) in [6.45, 7) is 2.70. The van der Waals surface area contributed by atoms with Crippen LogP contribution in [-0.2, 0) is 4.79 Å². The summed E-state index contributed by atoms with van der Waals surface area (Å²) in [6.07, 6.45) is -0.0265. The molecule has 0 fully saturated rings. The van der Waals surface area contributed by atoms with Crippen LogP contribution in [0, 0.1) is 11.3 Å². The predicted molar refractivity (Wildman–Crippen MR) is 72.5 cm³/mol. The van der Waals surface area contributed by atoms with Crippen molar-refractivity contribution >= 4 is 5.97 Å². The zero-order valence-electron chi connectivity index (χ0n) is 11.5. The standard InChI is InChI=1S/C14H18N2O4/c1-3-16(7-6-14(18)19)11(9-15)10-4-5-12(17)13(8-10)20-2/h4-5,8,11,17H,3,6-7H2,1-2H3,(H,18,19). The molecule has 0 heterocycles. The molecule has 108 valence electrons. The number of carboxylic acids is 1. The van der Waals surface area contributed by atoms with Crippen LogP contribution >= 0.6 is 0 Å². The van der Waals surface area contributed by atoms with E-state index < -0.39 is 12.0 Å². The number of hydrogen-bond donors (Lipinski definition) is 2. The molecule has 0 spiro atoms. The largest absolute Gasteiger partial charge is 0.504 e. The Kier molecular flexibility index (Phi) is 5.81. The van der Waals surface area contributed by atoms with Crippen LogP contribution in [0.4, 0.5) is 0 Å². The van der Waals surface area contributed by atoms with Crippen LogP contribution in [-0.4, -0.2) is 41.3 Å². The Balaban J connectivity index is 2.99. The summed E-state index contributed by atoms with van der Waals surface area (Å²) in [6, 6.07) is 6.27. The molecule has 1 atom stereocenters. The number of benzene rings is 1. The minimum absolute atomic E-state index is 0.00141. The lowest BCUT2D eigenvalue weighted by molar-refractivity contribution is -0.137. The van der Waals surface area contributed by atoms with Crippen LogP contribution in [0.15, 0.2) is 18.2 Å². The van der Waals surface area contributed by atoms with E-state index in [1.165, 1.54) is 13.2 Å². The highest BCUT2D eigenvalue weighted by atomic mass is 16.5. The van der Waals surface area contributed by atoms with E-state index in [2.05, 4.69) is 6.07 Å². The first-order valence-corrected chi connectivity index (χ1v) is 6.25. The Morgan fingerprint density at radius 1 is 1.55 bits per heavy atom. The molecular weight excluding hydrogens is 260 g/mol. The molecular formula is C14H18N2O4. The normalized spacial score (nSPS) is 11.9. The zero-order chi connectivity index (χ0) is 15.1. The quantitative estimate of drug-likeness (QED) is 0.789. The zero-order valence-corrected chi connectivity index (χ0v) is 11.5. The maximum absolute atomic E-state index is 10.6. The van der Waals surface area contributed by atoms with E-state index in [9.17, 15) is 15.2 Å². The van der Waals surface area contributed by atoms with Gasteiger partial charge in [-0.15, -0.1) is 0 Å². The van der Waals surface area contributed by atoms with Gasteiger partial charge in [-0.1, -0.05) is 13.0 Å². The van der Waals surface area contributed by atoms with E-state index in [4.69, 9.17) is 9.84 Å². The first-order chi connectivity index (χ1) is 9.53. The Bertz CT molecular complexity index is 510. The molecule has 6 nitrogen and oxygen atoms in total. The number of carboxylic acid groups (broad SMARTS) is 1. The molecule has 0 aliphatic heterocycles. The molecule has 0 aliphatic carbocycles. The average Bonchev–Trinajstić information content (AvgIpc) is 2.44. The van der Waals surface area contributed by atoms with Gasteiger partial charge >= 0.3 is 5.97 Å². The van der Waals surface area contributed by atoms with E-state index in [0.29, 0.717) is 12.1 Å².